The normalized spacial score (nSPS) is 24.2. The van der Waals surface area contributed by atoms with E-state index in [0.717, 1.165) is 43.7 Å². The molecule has 3 atom stereocenters. The summed E-state index contributed by atoms with van der Waals surface area (Å²) in [5.74, 6) is -0.388. The van der Waals surface area contributed by atoms with Crippen LogP contribution in [0.2, 0.25) is 5.02 Å². The van der Waals surface area contributed by atoms with Gasteiger partial charge in [-0.1, -0.05) is 24.6 Å². The predicted molar refractivity (Wildman–Crippen MR) is 186 cm³/mol. The molecule has 0 radical (unpaired) electrons. The number of rotatable bonds is 6. The number of benzene rings is 2. The molecule has 3 saturated heterocycles. The Morgan fingerprint density at radius 3 is 2.82 bits per heavy atom. The zero-order valence-corrected chi connectivity index (χ0v) is 29.0. The van der Waals surface area contributed by atoms with Gasteiger partial charge in [-0.05, 0) is 49.8 Å². The van der Waals surface area contributed by atoms with E-state index in [0.29, 0.717) is 50.8 Å². The highest BCUT2D eigenvalue weighted by Gasteiger charge is 2.48. The first kappa shape index (κ1) is 33.5. The minimum absolute atomic E-state index is 0.0128. The van der Waals surface area contributed by atoms with Crippen molar-refractivity contribution in [1.82, 2.24) is 19.8 Å². The maximum Gasteiger partial charge on any atom is 0.319 e. The highest BCUT2D eigenvalue weighted by molar-refractivity contribution is 7.23. The molecule has 1 unspecified atom stereocenters. The number of alkyl halides is 2. The number of nitrogens with zero attached hydrogens (tertiary/aromatic N) is 6. The Bertz CT molecular complexity index is 2040. The quantitative estimate of drug-likeness (QED) is 0.209. The monoisotopic (exact) mass is 729 g/mol. The van der Waals surface area contributed by atoms with Crippen molar-refractivity contribution < 1.29 is 27.0 Å². The van der Waals surface area contributed by atoms with E-state index in [4.69, 9.17) is 31.8 Å². The number of hydrogen-bond acceptors (Lipinski definition) is 10. The molecule has 2 aromatic carbocycles. The van der Waals surface area contributed by atoms with Gasteiger partial charge in [-0.2, -0.15) is 15.2 Å². The number of hydrogen-bond donors (Lipinski definition) is 1. The van der Waals surface area contributed by atoms with Gasteiger partial charge in [0.1, 0.15) is 34.8 Å². The van der Waals surface area contributed by atoms with Crippen molar-refractivity contribution in [2.45, 2.75) is 57.0 Å². The van der Waals surface area contributed by atoms with Gasteiger partial charge >= 0.3 is 6.01 Å². The van der Waals surface area contributed by atoms with Crippen molar-refractivity contribution in [3.05, 3.63) is 34.4 Å². The number of thiophene rings is 1. The summed E-state index contributed by atoms with van der Waals surface area (Å²) in [4.78, 5) is 15.8. The SMILES string of the molecule is C[C@H]1CN2CCC[C@@]2(COc2nc3c4c(c(Cl)c(-c5ccc(F)c6sc(N)c(C#N)c56)c(F)c4n2)OCCC2CN(CC(F)F)CCCN32)C1. The molecule has 0 amide bonds. The van der Waals surface area contributed by atoms with Gasteiger partial charge < -0.3 is 20.1 Å². The number of halogens is 5. The van der Waals surface area contributed by atoms with E-state index < -0.39 is 18.1 Å². The molecule has 4 aliphatic rings. The lowest BCUT2D eigenvalue weighted by Crippen LogP contribution is -2.44. The van der Waals surface area contributed by atoms with E-state index in [-0.39, 0.29) is 84.2 Å². The minimum atomic E-state index is -2.48. The van der Waals surface area contributed by atoms with Gasteiger partial charge in [0.2, 0.25) is 0 Å². The van der Waals surface area contributed by atoms with Gasteiger partial charge in [0.15, 0.2) is 11.6 Å². The minimum Gasteiger partial charge on any atom is -0.491 e. The molecule has 0 bridgehead atoms. The van der Waals surface area contributed by atoms with Crippen LogP contribution >= 0.6 is 22.9 Å². The molecule has 9 nitrogen and oxygen atoms in total. The second-order valence-corrected chi connectivity index (χ2v) is 15.4. The second kappa shape index (κ2) is 12.8. The Kier molecular flexibility index (Phi) is 8.61. The van der Waals surface area contributed by atoms with Gasteiger partial charge in [-0.3, -0.25) is 9.80 Å². The number of aromatic nitrogens is 2. The van der Waals surface area contributed by atoms with E-state index in [2.05, 4.69) is 16.8 Å². The largest absolute Gasteiger partial charge is 0.491 e. The summed E-state index contributed by atoms with van der Waals surface area (Å²) in [6.45, 7) is 5.64. The molecular formula is C35H36ClF4N7O2S. The van der Waals surface area contributed by atoms with Gasteiger partial charge in [0, 0.05) is 49.6 Å². The van der Waals surface area contributed by atoms with Crippen LogP contribution in [-0.2, 0) is 0 Å². The van der Waals surface area contributed by atoms with Gasteiger partial charge in [0.05, 0.1) is 39.4 Å². The fourth-order valence-electron chi connectivity index (χ4n) is 8.73. The molecule has 4 aliphatic heterocycles. The maximum absolute atomic E-state index is 17.3. The summed E-state index contributed by atoms with van der Waals surface area (Å²) < 4.78 is 72.2. The molecular weight excluding hydrogens is 694 g/mol. The maximum atomic E-state index is 17.3. The molecule has 8 rings (SSSR count). The van der Waals surface area contributed by atoms with Crippen LogP contribution in [0.3, 0.4) is 0 Å². The third-order valence-electron chi connectivity index (χ3n) is 10.8. The molecule has 264 valence electrons. The Morgan fingerprint density at radius 1 is 1.18 bits per heavy atom. The summed E-state index contributed by atoms with van der Waals surface area (Å²) >= 11 is 7.98. The van der Waals surface area contributed by atoms with E-state index in [9.17, 15) is 14.0 Å². The fourth-order valence-corrected chi connectivity index (χ4v) is 10.0. The number of fused-ring (bicyclic) bond motifs is 4. The number of anilines is 2. The number of nitrogens with two attached hydrogens (primary N) is 1. The highest BCUT2D eigenvalue weighted by atomic mass is 35.5. The Hall–Kier alpha value is -3.64. The summed E-state index contributed by atoms with van der Waals surface area (Å²) in [7, 11) is 0. The van der Waals surface area contributed by atoms with E-state index >= 15 is 8.78 Å². The number of nitrogen functional groups attached to an aromatic ring is 1. The molecule has 0 saturated carbocycles. The molecule has 2 N–H and O–H groups in total. The van der Waals surface area contributed by atoms with Crippen molar-refractivity contribution in [2.24, 2.45) is 5.92 Å². The zero-order chi connectivity index (χ0) is 34.9. The third-order valence-corrected chi connectivity index (χ3v) is 12.2. The van der Waals surface area contributed by atoms with Crippen molar-refractivity contribution in [3.8, 4) is 29.0 Å². The van der Waals surface area contributed by atoms with Crippen LogP contribution in [0.25, 0.3) is 32.1 Å². The van der Waals surface area contributed by atoms with Crippen LogP contribution in [0.5, 0.6) is 11.8 Å². The molecule has 0 aliphatic carbocycles. The van der Waals surface area contributed by atoms with Crippen LogP contribution < -0.4 is 20.1 Å². The third kappa shape index (κ3) is 5.48. The summed E-state index contributed by atoms with van der Waals surface area (Å²) in [5.41, 5.74) is 5.95. The first-order valence-corrected chi connectivity index (χ1v) is 18.2. The first-order chi connectivity index (χ1) is 24.1. The Balaban J connectivity index is 1.33. The van der Waals surface area contributed by atoms with E-state index in [1.807, 2.05) is 11.0 Å². The number of ether oxygens (including phenoxy) is 2. The van der Waals surface area contributed by atoms with Gasteiger partial charge in [-0.15, -0.1) is 11.3 Å². The molecule has 15 heteroatoms. The number of nitriles is 1. The smallest absolute Gasteiger partial charge is 0.319 e. The summed E-state index contributed by atoms with van der Waals surface area (Å²) in [6.07, 6.45) is 1.57. The topological polar surface area (TPSA) is 104 Å². The Morgan fingerprint density at radius 2 is 2.02 bits per heavy atom. The molecule has 4 aromatic rings. The summed E-state index contributed by atoms with van der Waals surface area (Å²) in [6, 6.07) is 4.34. The average molecular weight is 730 g/mol. The highest BCUT2D eigenvalue weighted by Crippen LogP contribution is 2.51. The van der Waals surface area contributed by atoms with Crippen molar-refractivity contribution in [2.75, 3.05) is 63.1 Å². The molecule has 2 aromatic heterocycles. The molecule has 3 fully saturated rings. The lowest BCUT2D eigenvalue weighted by atomic mass is 9.92. The van der Waals surface area contributed by atoms with E-state index in [1.54, 1.807) is 4.90 Å². The predicted octanol–water partition coefficient (Wildman–Crippen LogP) is 7.08. The summed E-state index contributed by atoms with van der Waals surface area (Å²) in [5, 5.41) is 10.4. The van der Waals surface area contributed by atoms with Crippen LogP contribution in [-0.4, -0.2) is 90.3 Å². The van der Waals surface area contributed by atoms with Crippen LogP contribution in [0.4, 0.5) is 28.4 Å². The van der Waals surface area contributed by atoms with Crippen LogP contribution in [0.15, 0.2) is 12.1 Å². The molecule has 6 heterocycles. The first-order valence-electron chi connectivity index (χ1n) is 17.0. The second-order valence-electron chi connectivity index (χ2n) is 14.0. The average Bonchev–Trinajstić information content (AvgIpc) is 3.67. The van der Waals surface area contributed by atoms with Crippen LogP contribution in [0.1, 0.15) is 44.6 Å². The van der Waals surface area contributed by atoms with Crippen molar-refractivity contribution in [1.29, 1.82) is 5.26 Å². The fraction of sp³-hybridized carbons (Fsp3) is 0.514. The van der Waals surface area contributed by atoms with Gasteiger partial charge in [0.25, 0.3) is 6.43 Å². The standard InChI is InChI=1S/C35H36ClF4N7O2S/c1-18-12-35(7-2-9-46(35)14-18)17-49-34-43-29-26-30(48-11-6-19-15-45(16-23(38)39)8-3-10-47(19)33(26)44-34)27(36)25(28(29)40)20-4-5-22(37)31-24(20)21(13-41)32(42)50-31/h4-5,18-19,23H,2-3,6-12,14-17,42H2,1H3/t18-,19?,35+/m1/s1. The Labute approximate surface area is 295 Å². The lowest BCUT2D eigenvalue weighted by molar-refractivity contribution is 0.0868. The zero-order valence-electron chi connectivity index (χ0n) is 27.5. The van der Waals surface area contributed by atoms with Crippen LogP contribution in [0, 0.1) is 28.9 Å². The lowest BCUT2D eigenvalue weighted by Gasteiger charge is -2.36. The van der Waals surface area contributed by atoms with Crippen molar-refractivity contribution in [3.63, 3.8) is 0 Å². The van der Waals surface area contributed by atoms with E-state index in [1.165, 1.54) is 12.1 Å². The van der Waals surface area contributed by atoms with Crippen molar-refractivity contribution >= 4 is 54.7 Å². The molecule has 0 spiro atoms. The molecule has 50 heavy (non-hydrogen) atoms. The van der Waals surface area contributed by atoms with Gasteiger partial charge in [-0.25, -0.2) is 17.6 Å².